The highest BCUT2D eigenvalue weighted by molar-refractivity contribution is 6.35. The highest BCUT2D eigenvalue weighted by atomic mass is 35.5. The van der Waals surface area contributed by atoms with Gasteiger partial charge in [-0.25, -0.2) is 0 Å². The van der Waals surface area contributed by atoms with E-state index in [1.54, 1.807) is 0 Å². The zero-order chi connectivity index (χ0) is 10.1. The van der Waals surface area contributed by atoms with Crippen molar-refractivity contribution in [3.63, 3.8) is 0 Å². The third-order valence-electron chi connectivity index (χ3n) is 2.17. The fourth-order valence-corrected chi connectivity index (χ4v) is 1.82. The monoisotopic (exact) mass is 207 g/mol. The van der Waals surface area contributed by atoms with E-state index in [-0.39, 0.29) is 6.61 Å². The lowest BCUT2D eigenvalue weighted by atomic mass is 10.1. The van der Waals surface area contributed by atoms with Gasteiger partial charge in [-0.2, -0.15) is 0 Å². The third-order valence-corrected chi connectivity index (χ3v) is 2.48. The van der Waals surface area contributed by atoms with Crippen LogP contribution in [0.4, 0.5) is 0 Å². The molecule has 0 aliphatic heterocycles. The minimum Gasteiger partial charge on any atom is -0.392 e. The molecule has 0 radical (unpaired) electrons. The average Bonchev–Trinajstić information content (AvgIpc) is 2.17. The van der Waals surface area contributed by atoms with Crippen molar-refractivity contribution in [2.75, 3.05) is 0 Å². The SMILES string of the molecule is Cc1cc(Cl)c2cccc(CO)c2n1. The molecule has 0 spiro atoms. The molecule has 0 aliphatic rings. The van der Waals surface area contributed by atoms with Crippen LogP contribution < -0.4 is 0 Å². The first-order valence-electron chi connectivity index (χ1n) is 4.38. The van der Waals surface area contributed by atoms with Crippen molar-refractivity contribution >= 4 is 22.5 Å². The summed E-state index contributed by atoms with van der Waals surface area (Å²) in [6, 6.07) is 7.45. The maximum Gasteiger partial charge on any atom is 0.0775 e. The van der Waals surface area contributed by atoms with Crippen LogP contribution in [0.5, 0.6) is 0 Å². The van der Waals surface area contributed by atoms with E-state index in [1.165, 1.54) is 0 Å². The van der Waals surface area contributed by atoms with Crippen molar-refractivity contribution in [3.8, 4) is 0 Å². The number of halogens is 1. The summed E-state index contributed by atoms with van der Waals surface area (Å²) in [5.74, 6) is 0. The number of aliphatic hydroxyl groups is 1. The second-order valence-electron chi connectivity index (χ2n) is 3.22. The number of rotatable bonds is 1. The van der Waals surface area contributed by atoms with Gasteiger partial charge in [0.05, 0.1) is 17.1 Å². The number of hydrogen-bond donors (Lipinski definition) is 1. The van der Waals surface area contributed by atoms with Gasteiger partial charge in [-0.1, -0.05) is 29.8 Å². The molecule has 0 saturated carbocycles. The Labute approximate surface area is 87.2 Å². The van der Waals surface area contributed by atoms with Crippen LogP contribution in [0.15, 0.2) is 24.3 Å². The highest BCUT2D eigenvalue weighted by Crippen LogP contribution is 2.25. The molecular weight excluding hydrogens is 198 g/mol. The van der Waals surface area contributed by atoms with Crippen LogP contribution in [0, 0.1) is 6.92 Å². The van der Waals surface area contributed by atoms with Gasteiger partial charge in [-0.3, -0.25) is 4.98 Å². The van der Waals surface area contributed by atoms with E-state index < -0.39 is 0 Å². The molecule has 2 nitrogen and oxygen atoms in total. The maximum absolute atomic E-state index is 9.13. The molecule has 0 saturated heterocycles. The Morgan fingerprint density at radius 2 is 2.21 bits per heavy atom. The van der Waals surface area contributed by atoms with E-state index in [2.05, 4.69) is 4.98 Å². The number of aromatic nitrogens is 1. The lowest BCUT2D eigenvalue weighted by Crippen LogP contribution is -1.91. The Balaban J connectivity index is 2.86. The summed E-state index contributed by atoms with van der Waals surface area (Å²) in [5, 5.41) is 10.7. The first-order chi connectivity index (χ1) is 6.72. The van der Waals surface area contributed by atoms with Crippen LogP contribution in [-0.2, 0) is 6.61 Å². The summed E-state index contributed by atoms with van der Waals surface area (Å²) < 4.78 is 0. The van der Waals surface area contributed by atoms with Crippen LogP contribution in [0.3, 0.4) is 0 Å². The molecule has 14 heavy (non-hydrogen) atoms. The standard InChI is InChI=1S/C11H10ClNO/c1-7-5-10(12)9-4-2-3-8(6-14)11(9)13-7/h2-5,14H,6H2,1H3. The molecule has 0 fully saturated rings. The van der Waals surface area contributed by atoms with Gasteiger partial charge in [0, 0.05) is 16.6 Å². The van der Waals surface area contributed by atoms with Gasteiger partial charge in [0.25, 0.3) is 0 Å². The normalized spacial score (nSPS) is 10.8. The van der Waals surface area contributed by atoms with Gasteiger partial charge in [0.15, 0.2) is 0 Å². The zero-order valence-corrected chi connectivity index (χ0v) is 8.54. The Hall–Kier alpha value is -1.12. The van der Waals surface area contributed by atoms with Crippen LogP contribution in [0.25, 0.3) is 10.9 Å². The summed E-state index contributed by atoms with van der Waals surface area (Å²) in [5.41, 5.74) is 2.47. The number of fused-ring (bicyclic) bond motifs is 1. The Morgan fingerprint density at radius 3 is 2.93 bits per heavy atom. The molecule has 0 atom stereocenters. The first kappa shape index (κ1) is 9.44. The number of benzene rings is 1. The average molecular weight is 208 g/mol. The molecule has 3 heteroatoms. The minimum atomic E-state index is -0.00980. The number of aliphatic hydroxyl groups excluding tert-OH is 1. The summed E-state index contributed by atoms with van der Waals surface area (Å²) in [6.07, 6.45) is 0. The lowest BCUT2D eigenvalue weighted by molar-refractivity contribution is 0.283. The first-order valence-corrected chi connectivity index (χ1v) is 4.76. The number of para-hydroxylation sites is 1. The van der Waals surface area contributed by atoms with Gasteiger partial charge in [-0.05, 0) is 13.0 Å². The molecule has 1 heterocycles. The predicted molar refractivity (Wildman–Crippen MR) is 57.4 cm³/mol. The topological polar surface area (TPSA) is 33.1 Å². The highest BCUT2D eigenvalue weighted by Gasteiger charge is 2.05. The molecule has 1 aromatic carbocycles. The summed E-state index contributed by atoms with van der Waals surface area (Å²) >= 11 is 6.07. The lowest BCUT2D eigenvalue weighted by Gasteiger charge is -2.05. The largest absolute Gasteiger partial charge is 0.392 e. The van der Waals surface area contributed by atoms with E-state index in [1.807, 2.05) is 31.2 Å². The molecule has 1 aromatic heterocycles. The fraction of sp³-hybridized carbons (Fsp3) is 0.182. The van der Waals surface area contributed by atoms with Crippen LogP contribution in [-0.4, -0.2) is 10.1 Å². The van der Waals surface area contributed by atoms with E-state index in [0.717, 1.165) is 22.2 Å². The number of aryl methyl sites for hydroxylation is 1. The third kappa shape index (κ3) is 1.47. The fourth-order valence-electron chi connectivity index (χ4n) is 1.51. The molecule has 0 bridgehead atoms. The van der Waals surface area contributed by atoms with Crippen LogP contribution in [0.1, 0.15) is 11.3 Å². The van der Waals surface area contributed by atoms with Gasteiger partial charge in [-0.15, -0.1) is 0 Å². The summed E-state index contributed by atoms with van der Waals surface area (Å²) in [6.45, 7) is 1.88. The summed E-state index contributed by atoms with van der Waals surface area (Å²) in [7, 11) is 0. The van der Waals surface area contributed by atoms with Gasteiger partial charge in [0.1, 0.15) is 0 Å². The van der Waals surface area contributed by atoms with Crippen molar-refractivity contribution in [1.29, 1.82) is 0 Å². The van der Waals surface area contributed by atoms with E-state index >= 15 is 0 Å². The number of nitrogens with zero attached hydrogens (tertiary/aromatic N) is 1. The van der Waals surface area contributed by atoms with Gasteiger partial charge < -0.3 is 5.11 Å². The predicted octanol–water partition coefficient (Wildman–Crippen LogP) is 2.69. The molecular formula is C11H10ClNO. The number of pyridine rings is 1. The van der Waals surface area contributed by atoms with Crippen LogP contribution >= 0.6 is 11.6 Å². The molecule has 2 aromatic rings. The molecule has 2 rings (SSSR count). The Bertz CT molecular complexity index is 482. The van der Waals surface area contributed by atoms with E-state index in [4.69, 9.17) is 16.7 Å². The van der Waals surface area contributed by atoms with E-state index in [9.17, 15) is 0 Å². The Morgan fingerprint density at radius 1 is 1.43 bits per heavy atom. The van der Waals surface area contributed by atoms with Crippen LogP contribution in [0.2, 0.25) is 5.02 Å². The Kier molecular flexibility index (Phi) is 2.40. The second-order valence-corrected chi connectivity index (χ2v) is 3.62. The van der Waals surface area contributed by atoms with Crippen molar-refractivity contribution in [2.45, 2.75) is 13.5 Å². The van der Waals surface area contributed by atoms with E-state index in [0.29, 0.717) is 5.02 Å². The maximum atomic E-state index is 9.13. The van der Waals surface area contributed by atoms with Gasteiger partial charge in [0.2, 0.25) is 0 Å². The van der Waals surface area contributed by atoms with Crippen molar-refractivity contribution in [3.05, 3.63) is 40.5 Å². The summed E-state index contributed by atoms with van der Waals surface area (Å²) in [4.78, 5) is 4.36. The quantitative estimate of drug-likeness (QED) is 0.780. The van der Waals surface area contributed by atoms with Crippen molar-refractivity contribution in [1.82, 2.24) is 4.98 Å². The minimum absolute atomic E-state index is 0.00980. The molecule has 1 N–H and O–H groups in total. The van der Waals surface area contributed by atoms with Gasteiger partial charge >= 0.3 is 0 Å². The zero-order valence-electron chi connectivity index (χ0n) is 7.79. The van der Waals surface area contributed by atoms with Crippen molar-refractivity contribution in [2.24, 2.45) is 0 Å². The molecule has 0 amide bonds. The molecule has 72 valence electrons. The number of hydrogen-bond acceptors (Lipinski definition) is 2. The molecule has 0 aliphatic carbocycles. The second kappa shape index (κ2) is 3.56. The smallest absolute Gasteiger partial charge is 0.0775 e. The van der Waals surface area contributed by atoms with Crippen molar-refractivity contribution < 1.29 is 5.11 Å². The molecule has 0 unspecified atom stereocenters.